The first-order valence-electron chi connectivity index (χ1n) is 3.83. The van der Waals surface area contributed by atoms with Crippen molar-refractivity contribution in [2.75, 3.05) is 0 Å². The number of carbonyl (C=O) groups excluding carboxylic acids is 2. The summed E-state index contributed by atoms with van der Waals surface area (Å²) in [4.78, 5) is 22.2. The predicted molar refractivity (Wildman–Crippen MR) is 47.9 cm³/mol. The van der Waals surface area contributed by atoms with Gasteiger partial charge in [0.2, 0.25) is 10.3 Å². The van der Waals surface area contributed by atoms with E-state index in [0.717, 1.165) is 0 Å². The van der Waals surface area contributed by atoms with Crippen molar-refractivity contribution in [3.05, 3.63) is 23.4 Å². The van der Waals surface area contributed by atoms with Gasteiger partial charge in [-0.3, -0.25) is 9.59 Å². The van der Waals surface area contributed by atoms with Crippen molar-refractivity contribution < 1.29 is 18.0 Å². The maximum absolute atomic E-state index is 11.3. The topological polar surface area (TPSA) is 80.3 Å². The summed E-state index contributed by atoms with van der Waals surface area (Å²) in [7, 11) is -2.45. The van der Waals surface area contributed by atoms with Gasteiger partial charge in [0.15, 0.2) is 0 Å². The number of hydrogen-bond donors (Lipinski definition) is 1. The number of nitrogens with one attached hydrogen (secondary N) is 1. The fraction of sp³-hybridized carbons (Fsp3) is 0.125. The fourth-order valence-electron chi connectivity index (χ4n) is 1.42. The highest BCUT2D eigenvalue weighted by Crippen LogP contribution is 2.20. The van der Waals surface area contributed by atoms with Crippen molar-refractivity contribution >= 4 is 26.8 Å². The molecule has 0 aromatic carbocycles. The van der Waals surface area contributed by atoms with Gasteiger partial charge in [-0.2, -0.15) is 8.42 Å². The molecule has 2 aliphatic rings. The summed E-state index contributed by atoms with van der Waals surface area (Å²) in [6.45, 7) is 0. The molecule has 6 heteroatoms. The Labute approximate surface area is 80.6 Å². The first kappa shape index (κ1) is 8.89. The molecule has 0 aromatic heterocycles. The molecule has 0 saturated heterocycles. The van der Waals surface area contributed by atoms with Crippen LogP contribution in [0.3, 0.4) is 0 Å². The van der Waals surface area contributed by atoms with Crippen LogP contribution in [0.25, 0.3) is 0 Å². The van der Waals surface area contributed by atoms with Gasteiger partial charge in [-0.1, -0.05) is 6.08 Å². The van der Waals surface area contributed by atoms with E-state index in [0.29, 0.717) is 0 Å². The molecule has 0 fully saturated rings. The average molecular weight is 211 g/mol. The number of Topliss-reactive ketones (excluding diaryl/α,β-unsaturated/α-hetero) is 1. The van der Waals surface area contributed by atoms with E-state index in [9.17, 15) is 18.0 Å². The molecular formula is C8H5NO4S. The predicted octanol–water partition coefficient (Wildman–Crippen LogP) is -1.05. The van der Waals surface area contributed by atoms with Crippen LogP contribution >= 0.6 is 0 Å². The van der Waals surface area contributed by atoms with Crippen molar-refractivity contribution in [2.45, 2.75) is 6.42 Å². The molecule has 0 atom stereocenters. The van der Waals surface area contributed by atoms with Crippen molar-refractivity contribution in [1.29, 1.82) is 0 Å². The SMILES string of the molecule is O=C1NC2=C(C1=O)C(=S(=O)=O)CC=C2. The van der Waals surface area contributed by atoms with Crippen molar-refractivity contribution in [3.63, 3.8) is 0 Å². The summed E-state index contributed by atoms with van der Waals surface area (Å²) in [5.41, 5.74) is 0.274. The zero-order valence-electron chi connectivity index (χ0n) is 6.90. The van der Waals surface area contributed by atoms with Gasteiger partial charge in [-0.15, -0.1) is 0 Å². The first-order valence-corrected chi connectivity index (χ1v) is 4.90. The van der Waals surface area contributed by atoms with Crippen LogP contribution in [0.4, 0.5) is 0 Å². The van der Waals surface area contributed by atoms with Crippen LogP contribution in [0, 0.1) is 0 Å². The number of amides is 1. The molecular weight excluding hydrogens is 206 g/mol. The van der Waals surface area contributed by atoms with Crippen LogP contribution in [0.15, 0.2) is 23.4 Å². The lowest BCUT2D eigenvalue weighted by Gasteiger charge is -2.04. The standard InChI is InChI=1S/C8H5NO4S/c10-7-6-4(9-8(7)11)2-1-3-5(6)14(12)13/h1-2H,3H2,(H,9,10,11). The third-order valence-corrected chi connectivity index (χ3v) is 2.79. The van der Waals surface area contributed by atoms with Crippen molar-refractivity contribution in [3.8, 4) is 0 Å². The van der Waals surface area contributed by atoms with Gasteiger partial charge in [-0.05, 0) is 6.08 Å². The molecule has 1 aliphatic carbocycles. The molecule has 0 radical (unpaired) electrons. The third kappa shape index (κ3) is 1.12. The Hall–Kier alpha value is -1.69. The summed E-state index contributed by atoms with van der Waals surface area (Å²) in [5, 5.41) is 2.30. The van der Waals surface area contributed by atoms with Crippen molar-refractivity contribution in [1.82, 2.24) is 5.32 Å². The molecule has 0 unspecified atom stereocenters. The van der Waals surface area contributed by atoms with Gasteiger partial charge < -0.3 is 5.32 Å². The molecule has 1 amide bonds. The molecule has 5 nitrogen and oxygen atoms in total. The summed E-state index contributed by atoms with van der Waals surface area (Å²) in [5.74, 6) is -1.55. The van der Waals surface area contributed by atoms with E-state index >= 15 is 0 Å². The lowest BCUT2D eigenvalue weighted by molar-refractivity contribution is -0.133. The second-order valence-electron chi connectivity index (χ2n) is 2.84. The zero-order valence-corrected chi connectivity index (χ0v) is 7.72. The van der Waals surface area contributed by atoms with E-state index in [1.807, 2.05) is 0 Å². The smallest absolute Gasteiger partial charge is 0.296 e. The number of rotatable bonds is 0. The molecule has 0 bridgehead atoms. The molecule has 0 saturated carbocycles. The second-order valence-corrected chi connectivity index (χ2v) is 3.80. The average Bonchev–Trinajstić information content (AvgIpc) is 2.43. The number of allylic oxidation sites excluding steroid dienone is 2. The molecule has 0 spiro atoms. The van der Waals surface area contributed by atoms with E-state index < -0.39 is 22.0 Å². The Morgan fingerprint density at radius 2 is 2.00 bits per heavy atom. The molecule has 1 N–H and O–H groups in total. The Balaban J connectivity index is 2.69. The summed E-state index contributed by atoms with van der Waals surface area (Å²) < 4.78 is 21.5. The van der Waals surface area contributed by atoms with Crippen LogP contribution < -0.4 is 5.32 Å². The van der Waals surface area contributed by atoms with Crippen LogP contribution in [-0.2, 0) is 19.9 Å². The highest BCUT2D eigenvalue weighted by molar-refractivity contribution is 7.73. The Morgan fingerprint density at radius 1 is 1.29 bits per heavy atom. The number of hydrogen-bond acceptors (Lipinski definition) is 4. The van der Waals surface area contributed by atoms with E-state index in [-0.39, 0.29) is 22.6 Å². The third-order valence-electron chi connectivity index (χ3n) is 2.02. The van der Waals surface area contributed by atoms with Crippen molar-refractivity contribution in [2.24, 2.45) is 0 Å². The normalized spacial score (nSPS) is 19.9. The molecule has 72 valence electrons. The van der Waals surface area contributed by atoms with Gasteiger partial charge in [0.25, 0.3) is 11.7 Å². The highest BCUT2D eigenvalue weighted by atomic mass is 32.2. The second kappa shape index (κ2) is 2.91. The van der Waals surface area contributed by atoms with Crippen LogP contribution in [0.1, 0.15) is 6.42 Å². The molecule has 1 aliphatic heterocycles. The summed E-state index contributed by atoms with van der Waals surface area (Å²) in [6.07, 6.45) is 3.28. The lowest BCUT2D eigenvalue weighted by Crippen LogP contribution is -2.21. The molecule has 2 rings (SSSR count). The fourth-order valence-corrected chi connectivity index (χ4v) is 2.02. The Morgan fingerprint density at radius 3 is 2.64 bits per heavy atom. The number of carbonyl (C=O) groups is 2. The minimum atomic E-state index is -2.45. The van der Waals surface area contributed by atoms with Crippen LogP contribution in [0.2, 0.25) is 0 Å². The molecule has 14 heavy (non-hydrogen) atoms. The van der Waals surface area contributed by atoms with Gasteiger partial charge in [0.05, 0.1) is 16.1 Å². The minimum Gasteiger partial charge on any atom is -0.318 e. The van der Waals surface area contributed by atoms with Gasteiger partial charge >= 0.3 is 0 Å². The maximum atomic E-state index is 11.3. The van der Waals surface area contributed by atoms with Crippen LogP contribution in [-0.4, -0.2) is 25.0 Å². The largest absolute Gasteiger partial charge is 0.318 e. The minimum absolute atomic E-state index is 0.00849. The summed E-state index contributed by atoms with van der Waals surface area (Å²) in [6, 6.07) is 0. The van der Waals surface area contributed by atoms with Gasteiger partial charge in [0, 0.05) is 6.42 Å². The first-order chi connectivity index (χ1) is 6.61. The summed E-state index contributed by atoms with van der Waals surface area (Å²) >= 11 is 0. The maximum Gasteiger partial charge on any atom is 0.296 e. The molecule has 1 heterocycles. The van der Waals surface area contributed by atoms with Gasteiger partial charge in [-0.25, -0.2) is 0 Å². The van der Waals surface area contributed by atoms with E-state index in [1.54, 1.807) is 6.08 Å². The lowest BCUT2D eigenvalue weighted by atomic mass is 10.0. The van der Waals surface area contributed by atoms with E-state index in [1.165, 1.54) is 6.08 Å². The van der Waals surface area contributed by atoms with Crippen LogP contribution in [0.5, 0.6) is 0 Å². The van der Waals surface area contributed by atoms with E-state index in [4.69, 9.17) is 0 Å². The highest BCUT2D eigenvalue weighted by Gasteiger charge is 2.34. The zero-order chi connectivity index (χ0) is 10.3. The monoisotopic (exact) mass is 211 g/mol. The quantitative estimate of drug-likeness (QED) is 0.409. The number of ketones is 1. The Bertz CT molecular complexity index is 528. The Kier molecular flexibility index (Phi) is 1.85. The molecule has 0 aromatic rings. The van der Waals surface area contributed by atoms with E-state index in [2.05, 4.69) is 5.32 Å². The van der Waals surface area contributed by atoms with Gasteiger partial charge in [0.1, 0.15) is 0 Å².